The predicted molar refractivity (Wildman–Crippen MR) is 107 cm³/mol. The van der Waals surface area contributed by atoms with Crippen molar-refractivity contribution in [3.63, 3.8) is 0 Å². The molecule has 4 N–H and O–H groups in total. The summed E-state index contributed by atoms with van der Waals surface area (Å²) >= 11 is 0. The lowest BCUT2D eigenvalue weighted by molar-refractivity contribution is -0.126. The maximum absolute atomic E-state index is 12.8. The van der Waals surface area contributed by atoms with Crippen LogP contribution in [-0.2, 0) is 9.53 Å². The van der Waals surface area contributed by atoms with E-state index in [9.17, 15) is 9.59 Å². The number of fused-ring (bicyclic) bond motifs is 1. The number of nitrogens with one attached hydrogen (secondary N) is 2. The highest BCUT2D eigenvalue weighted by molar-refractivity contribution is 6.10. The lowest BCUT2D eigenvalue weighted by atomic mass is 10.1. The van der Waals surface area contributed by atoms with Gasteiger partial charge in [-0.2, -0.15) is 0 Å². The Morgan fingerprint density at radius 2 is 1.79 bits per heavy atom. The first-order valence-corrected chi connectivity index (χ1v) is 9.60. The summed E-state index contributed by atoms with van der Waals surface area (Å²) in [6.07, 6.45) is 0.706. The van der Waals surface area contributed by atoms with E-state index in [4.69, 9.17) is 19.9 Å². The molecule has 8 heteroatoms. The minimum absolute atomic E-state index is 0.0977. The number of carbonyl (C=O) groups excluding carboxylic acids is 2. The smallest absolute Gasteiger partial charge is 0.257 e. The molecule has 0 aliphatic carbocycles. The molecule has 4 rings (SSSR count). The molecule has 0 spiro atoms. The van der Waals surface area contributed by atoms with Gasteiger partial charge in [0.15, 0.2) is 11.5 Å². The highest BCUT2D eigenvalue weighted by Gasteiger charge is 2.30. The molecule has 0 unspecified atom stereocenters. The molecule has 1 fully saturated rings. The molecule has 0 bridgehead atoms. The van der Waals surface area contributed by atoms with Gasteiger partial charge >= 0.3 is 0 Å². The van der Waals surface area contributed by atoms with Crippen LogP contribution < -0.4 is 25.8 Å². The van der Waals surface area contributed by atoms with Crippen LogP contribution in [0.2, 0.25) is 0 Å². The number of nitrogens with two attached hydrogens (primary N) is 1. The average molecular weight is 397 g/mol. The molecule has 29 heavy (non-hydrogen) atoms. The molecule has 2 amide bonds. The van der Waals surface area contributed by atoms with E-state index < -0.39 is 6.10 Å². The second kappa shape index (κ2) is 8.50. The Labute approximate surface area is 168 Å². The van der Waals surface area contributed by atoms with Gasteiger partial charge in [0.1, 0.15) is 19.3 Å². The van der Waals surface area contributed by atoms with Crippen LogP contribution >= 0.6 is 0 Å². The molecular formula is C21H23N3O5. The van der Waals surface area contributed by atoms with Gasteiger partial charge in [-0.15, -0.1) is 0 Å². The number of amides is 2. The van der Waals surface area contributed by atoms with E-state index in [-0.39, 0.29) is 17.9 Å². The highest BCUT2D eigenvalue weighted by atomic mass is 16.6. The molecule has 0 saturated carbocycles. The van der Waals surface area contributed by atoms with E-state index in [1.54, 1.807) is 42.5 Å². The van der Waals surface area contributed by atoms with Crippen LogP contribution in [0, 0.1) is 0 Å². The molecule has 8 nitrogen and oxygen atoms in total. The van der Waals surface area contributed by atoms with Crippen molar-refractivity contribution in [2.24, 2.45) is 5.73 Å². The zero-order valence-electron chi connectivity index (χ0n) is 15.9. The number of carbonyl (C=O) groups is 2. The molecule has 2 heterocycles. The normalized spacial score (nSPS) is 20.2. The Balaban J connectivity index is 1.46. The highest BCUT2D eigenvalue weighted by Crippen LogP contribution is 2.33. The van der Waals surface area contributed by atoms with Gasteiger partial charge in [0.2, 0.25) is 0 Å². The first-order valence-electron chi connectivity index (χ1n) is 9.60. The molecule has 2 aromatic rings. The number of rotatable bonds is 5. The Kier molecular flexibility index (Phi) is 5.64. The lowest BCUT2D eigenvalue weighted by Crippen LogP contribution is -2.30. The topological polar surface area (TPSA) is 112 Å². The number of anilines is 2. The third-order valence-corrected chi connectivity index (χ3v) is 4.89. The fourth-order valence-electron chi connectivity index (χ4n) is 3.39. The quantitative estimate of drug-likeness (QED) is 0.713. The molecule has 1 saturated heterocycles. The Morgan fingerprint density at radius 3 is 2.59 bits per heavy atom. The van der Waals surface area contributed by atoms with E-state index in [1.807, 2.05) is 0 Å². The lowest BCUT2D eigenvalue weighted by Gasteiger charge is -2.19. The zero-order valence-corrected chi connectivity index (χ0v) is 15.9. The van der Waals surface area contributed by atoms with Gasteiger partial charge in [-0.3, -0.25) is 9.59 Å². The summed E-state index contributed by atoms with van der Waals surface area (Å²) in [6, 6.07) is 12.1. The van der Waals surface area contributed by atoms with Gasteiger partial charge in [-0.25, -0.2) is 0 Å². The number of para-hydroxylation sites is 1. The van der Waals surface area contributed by atoms with Gasteiger partial charge in [-0.1, -0.05) is 12.1 Å². The van der Waals surface area contributed by atoms with Crippen molar-refractivity contribution in [2.45, 2.75) is 25.0 Å². The van der Waals surface area contributed by atoms with Gasteiger partial charge < -0.3 is 30.6 Å². The molecule has 2 aliphatic heterocycles. The van der Waals surface area contributed by atoms with Crippen LogP contribution in [-0.4, -0.2) is 43.8 Å². The summed E-state index contributed by atoms with van der Waals surface area (Å²) in [5.74, 6) is 0.614. The van der Waals surface area contributed by atoms with Crippen LogP contribution in [0.1, 0.15) is 23.2 Å². The average Bonchev–Trinajstić information content (AvgIpc) is 3.23. The summed E-state index contributed by atoms with van der Waals surface area (Å²) in [7, 11) is 0. The minimum Gasteiger partial charge on any atom is -0.486 e. The van der Waals surface area contributed by atoms with Gasteiger partial charge in [-0.05, 0) is 37.1 Å². The van der Waals surface area contributed by atoms with E-state index in [2.05, 4.69) is 10.6 Å². The minimum atomic E-state index is -0.558. The van der Waals surface area contributed by atoms with Crippen LogP contribution in [0.15, 0.2) is 42.5 Å². The second-order valence-corrected chi connectivity index (χ2v) is 6.91. The fourth-order valence-corrected chi connectivity index (χ4v) is 3.39. The summed E-state index contributed by atoms with van der Waals surface area (Å²) in [6.45, 7) is 1.36. The van der Waals surface area contributed by atoms with Crippen LogP contribution in [0.4, 0.5) is 11.4 Å². The van der Waals surface area contributed by atoms with Gasteiger partial charge in [0.25, 0.3) is 11.8 Å². The van der Waals surface area contributed by atoms with Crippen LogP contribution in [0.3, 0.4) is 0 Å². The van der Waals surface area contributed by atoms with Crippen LogP contribution in [0.5, 0.6) is 11.5 Å². The van der Waals surface area contributed by atoms with Crippen molar-refractivity contribution in [3.05, 3.63) is 48.0 Å². The summed E-state index contributed by atoms with van der Waals surface area (Å²) < 4.78 is 16.7. The first kappa shape index (κ1) is 19.2. The Hall–Kier alpha value is -3.10. The summed E-state index contributed by atoms with van der Waals surface area (Å²) in [5.41, 5.74) is 6.95. The number of hydrogen-bond acceptors (Lipinski definition) is 6. The summed E-state index contributed by atoms with van der Waals surface area (Å²) in [4.78, 5) is 25.4. The van der Waals surface area contributed by atoms with Crippen molar-refractivity contribution in [2.75, 3.05) is 30.4 Å². The Bertz CT molecular complexity index is 917. The van der Waals surface area contributed by atoms with E-state index in [1.165, 1.54) is 0 Å². The first-order chi connectivity index (χ1) is 14.1. The maximum atomic E-state index is 12.8. The number of benzene rings is 2. The van der Waals surface area contributed by atoms with Crippen molar-refractivity contribution >= 4 is 23.2 Å². The molecule has 152 valence electrons. The standard InChI is InChI=1S/C21H23N3O5/c22-12-14-6-8-18(29-14)21(26)24-16-4-2-1-3-15(16)20(25)23-13-5-7-17-19(11-13)28-10-9-27-17/h1-5,7,11,14,18H,6,8-10,12,22H2,(H,23,25)(H,24,26)/t14-,18+/m1/s1. The van der Waals surface area contributed by atoms with Crippen LogP contribution in [0.25, 0.3) is 0 Å². The SMILES string of the molecule is NC[C@H]1CC[C@@H](C(=O)Nc2ccccc2C(=O)Nc2ccc3c(c2)OCCO3)O1. The van der Waals surface area contributed by atoms with Crippen molar-refractivity contribution in [3.8, 4) is 11.5 Å². The predicted octanol–water partition coefficient (Wildman–Crippen LogP) is 2.15. The second-order valence-electron chi connectivity index (χ2n) is 6.91. The molecule has 2 atom stereocenters. The molecule has 0 aromatic heterocycles. The largest absolute Gasteiger partial charge is 0.486 e. The van der Waals surface area contributed by atoms with Crippen molar-refractivity contribution in [1.29, 1.82) is 0 Å². The van der Waals surface area contributed by atoms with E-state index in [0.717, 1.165) is 6.42 Å². The van der Waals surface area contributed by atoms with E-state index in [0.29, 0.717) is 54.6 Å². The fraction of sp³-hybridized carbons (Fsp3) is 0.333. The maximum Gasteiger partial charge on any atom is 0.257 e. The zero-order chi connectivity index (χ0) is 20.2. The summed E-state index contributed by atoms with van der Waals surface area (Å²) in [5, 5.41) is 5.64. The molecule has 0 radical (unpaired) electrons. The number of hydrogen-bond donors (Lipinski definition) is 3. The van der Waals surface area contributed by atoms with Gasteiger partial charge in [0, 0.05) is 18.3 Å². The third-order valence-electron chi connectivity index (χ3n) is 4.89. The van der Waals surface area contributed by atoms with E-state index >= 15 is 0 Å². The number of ether oxygens (including phenoxy) is 3. The third kappa shape index (κ3) is 4.33. The monoisotopic (exact) mass is 397 g/mol. The molecule has 2 aromatic carbocycles. The Morgan fingerprint density at radius 1 is 1.00 bits per heavy atom. The van der Waals surface area contributed by atoms with Crippen molar-refractivity contribution in [1.82, 2.24) is 0 Å². The molecule has 2 aliphatic rings. The molecular weight excluding hydrogens is 374 g/mol. The van der Waals surface area contributed by atoms with Crippen molar-refractivity contribution < 1.29 is 23.8 Å². The van der Waals surface area contributed by atoms with Gasteiger partial charge in [0.05, 0.1) is 17.4 Å².